The number of hydrogen-bond donors (Lipinski definition) is 0. The molecular formula is C21H21N5O2S3. The van der Waals surface area contributed by atoms with Gasteiger partial charge in [-0.3, -0.25) is 4.79 Å². The number of para-hydroxylation sites is 1. The molecule has 0 aliphatic carbocycles. The van der Waals surface area contributed by atoms with Gasteiger partial charge in [0.15, 0.2) is 0 Å². The standard InChI is InChI=1S/C21H21N5O2S3/c1-13-22-15(11-29-13)9-18-24-25-21(28-18)30-12-19(27)26-8-4-5-14(10-26)20-23-16-6-2-3-7-17(16)31-20/h2-3,6-7,11,14H,4-5,8-10,12H2,1H3/t14-/m0/s1. The first-order chi connectivity index (χ1) is 15.1. The predicted molar refractivity (Wildman–Crippen MR) is 123 cm³/mol. The number of thiazole rings is 2. The van der Waals surface area contributed by atoms with Gasteiger partial charge in [0.1, 0.15) is 0 Å². The molecule has 0 radical (unpaired) electrons. The Hall–Kier alpha value is -2.30. The molecule has 1 atom stereocenters. The fraction of sp³-hybridized carbons (Fsp3) is 0.381. The average molecular weight is 472 g/mol. The molecule has 4 aromatic rings. The molecule has 10 heteroatoms. The summed E-state index contributed by atoms with van der Waals surface area (Å²) < 4.78 is 6.89. The molecule has 0 unspecified atom stereocenters. The van der Waals surface area contributed by atoms with Crippen LogP contribution in [0.3, 0.4) is 0 Å². The van der Waals surface area contributed by atoms with E-state index in [2.05, 4.69) is 21.2 Å². The van der Waals surface area contributed by atoms with Crippen LogP contribution in [-0.2, 0) is 11.2 Å². The van der Waals surface area contributed by atoms with E-state index in [0.29, 0.717) is 29.2 Å². The smallest absolute Gasteiger partial charge is 0.277 e. The van der Waals surface area contributed by atoms with Crippen molar-refractivity contribution in [3.8, 4) is 0 Å². The lowest BCUT2D eigenvalue weighted by Gasteiger charge is -2.31. The molecule has 0 N–H and O–H groups in total. The van der Waals surface area contributed by atoms with Crippen molar-refractivity contribution in [1.82, 2.24) is 25.1 Å². The molecule has 1 fully saturated rings. The van der Waals surface area contributed by atoms with Gasteiger partial charge in [0.05, 0.1) is 38.1 Å². The molecule has 1 amide bonds. The van der Waals surface area contributed by atoms with E-state index in [9.17, 15) is 4.79 Å². The van der Waals surface area contributed by atoms with Crippen molar-refractivity contribution < 1.29 is 9.21 Å². The molecule has 1 aliphatic rings. The SMILES string of the molecule is Cc1nc(Cc2nnc(SCC(=O)N3CCC[C@H](c4nc5ccccc5s4)C3)o2)cs1. The summed E-state index contributed by atoms with van der Waals surface area (Å²) in [6.07, 6.45) is 2.58. The summed E-state index contributed by atoms with van der Waals surface area (Å²) in [6.45, 7) is 3.48. The van der Waals surface area contributed by atoms with Crippen LogP contribution in [0.5, 0.6) is 0 Å². The van der Waals surface area contributed by atoms with Crippen molar-refractivity contribution >= 4 is 50.6 Å². The van der Waals surface area contributed by atoms with Crippen LogP contribution >= 0.6 is 34.4 Å². The van der Waals surface area contributed by atoms with Crippen LogP contribution < -0.4 is 0 Å². The van der Waals surface area contributed by atoms with Gasteiger partial charge in [-0.15, -0.1) is 32.9 Å². The summed E-state index contributed by atoms with van der Waals surface area (Å²) in [4.78, 5) is 24.0. The van der Waals surface area contributed by atoms with E-state index in [1.807, 2.05) is 35.4 Å². The Morgan fingerprint density at radius 3 is 3.03 bits per heavy atom. The number of rotatable bonds is 6. The second-order valence-corrected chi connectivity index (χ2v) is 10.5. The zero-order valence-electron chi connectivity index (χ0n) is 17.0. The first-order valence-corrected chi connectivity index (χ1v) is 12.8. The molecule has 5 rings (SSSR count). The number of carbonyl (C=O) groups excluding carboxylic acids is 1. The quantitative estimate of drug-likeness (QED) is 0.382. The van der Waals surface area contributed by atoms with Gasteiger partial charge in [-0.25, -0.2) is 9.97 Å². The summed E-state index contributed by atoms with van der Waals surface area (Å²) in [5.74, 6) is 1.22. The Kier molecular flexibility index (Phi) is 6.02. The van der Waals surface area contributed by atoms with Gasteiger partial charge in [-0.05, 0) is 31.9 Å². The van der Waals surface area contributed by atoms with Crippen LogP contribution in [-0.4, -0.2) is 49.8 Å². The van der Waals surface area contributed by atoms with Crippen LogP contribution in [0.15, 0.2) is 39.3 Å². The van der Waals surface area contributed by atoms with Crippen molar-refractivity contribution in [1.29, 1.82) is 0 Å². The molecule has 4 heterocycles. The number of carbonyl (C=O) groups is 1. The summed E-state index contributed by atoms with van der Waals surface area (Å²) in [5, 5.41) is 12.7. The first kappa shape index (κ1) is 20.6. The van der Waals surface area contributed by atoms with Crippen LogP contribution in [0.25, 0.3) is 10.2 Å². The van der Waals surface area contributed by atoms with Gasteiger partial charge in [-0.1, -0.05) is 23.9 Å². The number of amides is 1. The Morgan fingerprint density at radius 2 is 2.19 bits per heavy atom. The minimum absolute atomic E-state index is 0.102. The third-order valence-electron chi connectivity index (χ3n) is 5.20. The number of piperidine rings is 1. The highest BCUT2D eigenvalue weighted by atomic mass is 32.2. The number of aromatic nitrogens is 4. The van der Waals surface area contributed by atoms with Gasteiger partial charge < -0.3 is 9.32 Å². The maximum Gasteiger partial charge on any atom is 0.277 e. The highest BCUT2D eigenvalue weighted by molar-refractivity contribution is 7.99. The first-order valence-electron chi connectivity index (χ1n) is 10.1. The van der Waals surface area contributed by atoms with E-state index in [1.54, 1.807) is 22.7 Å². The summed E-state index contributed by atoms with van der Waals surface area (Å²) in [6, 6.07) is 8.21. The monoisotopic (exact) mass is 471 g/mol. The number of aryl methyl sites for hydroxylation is 1. The second-order valence-electron chi connectivity index (χ2n) is 7.48. The van der Waals surface area contributed by atoms with Gasteiger partial charge >= 0.3 is 0 Å². The van der Waals surface area contributed by atoms with E-state index in [1.165, 1.54) is 16.5 Å². The maximum atomic E-state index is 12.8. The van der Waals surface area contributed by atoms with Gasteiger partial charge in [0.2, 0.25) is 11.8 Å². The molecule has 1 aliphatic heterocycles. The highest BCUT2D eigenvalue weighted by Crippen LogP contribution is 2.33. The molecular weight excluding hydrogens is 450 g/mol. The average Bonchev–Trinajstić information content (AvgIpc) is 3.52. The van der Waals surface area contributed by atoms with Crippen molar-refractivity contribution in [2.45, 2.75) is 37.3 Å². The van der Waals surface area contributed by atoms with Crippen molar-refractivity contribution in [2.24, 2.45) is 0 Å². The highest BCUT2D eigenvalue weighted by Gasteiger charge is 2.27. The molecule has 0 saturated carbocycles. The predicted octanol–water partition coefficient (Wildman–Crippen LogP) is 4.53. The minimum Gasteiger partial charge on any atom is -0.416 e. The van der Waals surface area contributed by atoms with Gasteiger partial charge in [0, 0.05) is 24.4 Å². The van der Waals surface area contributed by atoms with Crippen molar-refractivity contribution in [3.63, 3.8) is 0 Å². The van der Waals surface area contributed by atoms with E-state index >= 15 is 0 Å². The molecule has 0 spiro atoms. The third kappa shape index (κ3) is 4.81. The molecule has 7 nitrogen and oxygen atoms in total. The van der Waals surface area contributed by atoms with Crippen LogP contribution in [0, 0.1) is 6.92 Å². The number of nitrogens with zero attached hydrogens (tertiary/aromatic N) is 5. The molecule has 1 aromatic carbocycles. The molecule has 160 valence electrons. The van der Waals surface area contributed by atoms with Crippen molar-refractivity contribution in [2.75, 3.05) is 18.8 Å². The van der Waals surface area contributed by atoms with E-state index in [0.717, 1.165) is 47.2 Å². The number of likely N-dealkylation sites (tertiary alicyclic amines) is 1. The number of fused-ring (bicyclic) bond motifs is 1. The molecule has 31 heavy (non-hydrogen) atoms. The van der Waals surface area contributed by atoms with E-state index < -0.39 is 0 Å². The Morgan fingerprint density at radius 1 is 1.29 bits per heavy atom. The summed E-state index contributed by atoms with van der Waals surface area (Å²) in [5.41, 5.74) is 1.97. The van der Waals surface area contributed by atoms with Gasteiger partial charge in [0.25, 0.3) is 5.22 Å². The Bertz CT molecular complexity index is 1170. The lowest BCUT2D eigenvalue weighted by Crippen LogP contribution is -2.40. The van der Waals surface area contributed by atoms with Gasteiger partial charge in [-0.2, -0.15) is 0 Å². The largest absolute Gasteiger partial charge is 0.416 e. The molecule has 3 aromatic heterocycles. The van der Waals surface area contributed by atoms with Crippen LogP contribution in [0.2, 0.25) is 0 Å². The number of benzene rings is 1. The van der Waals surface area contributed by atoms with Crippen molar-refractivity contribution in [3.05, 3.63) is 51.2 Å². The third-order valence-corrected chi connectivity index (χ3v) is 8.02. The van der Waals surface area contributed by atoms with Crippen LogP contribution in [0.4, 0.5) is 0 Å². The maximum absolute atomic E-state index is 12.8. The second kappa shape index (κ2) is 9.05. The number of thioether (sulfide) groups is 1. The molecule has 0 bridgehead atoms. The minimum atomic E-state index is 0.102. The fourth-order valence-electron chi connectivity index (χ4n) is 3.70. The van der Waals surface area contributed by atoms with Crippen LogP contribution in [0.1, 0.15) is 40.4 Å². The topological polar surface area (TPSA) is 85.0 Å². The Balaban J connectivity index is 1.17. The Labute approximate surface area is 191 Å². The molecule has 1 saturated heterocycles. The summed E-state index contributed by atoms with van der Waals surface area (Å²) in [7, 11) is 0. The summed E-state index contributed by atoms with van der Waals surface area (Å²) >= 11 is 4.64. The van der Waals surface area contributed by atoms with E-state index in [4.69, 9.17) is 9.40 Å². The zero-order chi connectivity index (χ0) is 21.2. The number of hydrogen-bond acceptors (Lipinski definition) is 9. The fourth-order valence-corrected chi connectivity index (χ4v) is 6.09. The zero-order valence-corrected chi connectivity index (χ0v) is 19.4. The van der Waals surface area contributed by atoms with E-state index in [-0.39, 0.29) is 5.91 Å². The lowest BCUT2D eigenvalue weighted by atomic mass is 9.99. The normalized spacial score (nSPS) is 16.8. The lowest BCUT2D eigenvalue weighted by molar-refractivity contribution is -0.129.